The molecule has 3 nitrogen and oxygen atoms in total. The van der Waals surface area contributed by atoms with Crippen LogP contribution in [0.4, 0.5) is 0 Å². The Labute approximate surface area is 98.3 Å². The summed E-state index contributed by atoms with van der Waals surface area (Å²) in [6.45, 7) is 3.43. The molecule has 4 heteroatoms. The molecule has 1 rings (SSSR count). The summed E-state index contributed by atoms with van der Waals surface area (Å²) in [7, 11) is 0. The maximum absolute atomic E-state index is 9.77. The number of benzene rings is 1. The van der Waals surface area contributed by atoms with Crippen molar-refractivity contribution in [1.82, 2.24) is 5.32 Å². The van der Waals surface area contributed by atoms with E-state index in [-0.39, 0.29) is 6.61 Å². The number of hydrogen-bond acceptors (Lipinski definition) is 3. The summed E-state index contributed by atoms with van der Waals surface area (Å²) in [5.41, 5.74) is 1.74. The van der Waals surface area contributed by atoms with Crippen molar-refractivity contribution in [2.24, 2.45) is 0 Å². The van der Waals surface area contributed by atoms with E-state index in [0.29, 0.717) is 12.3 Å². The molecule has 15 heavy (non-hydrogen) atoms. The smallest absolute Gasteiger partial charge is 0.123 e. The van der Waals surface area contributed by atoms with Gasteiger partial charge in [-0.1, -0.05) is 15.9 Å². The SMILES string of the molecule is Cc1cc(Br)cc(CNCCCO)c1O. The van der Waals surface area contributed by atoms with E-state index in [9.17, 15) is 5.11 Å². The average molecular weight is 274 g/mol. The molecule has 0 aliphatic carbocycles. The third kappa shape index (κ3) is 3.81. The monoisotopic (exact) mass is 273 g/mol. The molecular formula is C11H16BrNO2. The van der Waals surface area contributed by atoms with Crippen molar-refractivity contribution in [3.63, 3.8) is 0 Å². The predicted octanol–water partition coefficient (Wildman–Crippen LogP) is 1.94. The Hall–Kier alpha value is -0.580. The van der Waals surface area contributed by atoms with Crippen molar-refractivity contribution < 1.29 is 10.2 Å². The van der Waals surface area contributed by atoms with Gasteiger partial charge in [-0.25, -0.2) is 0 Å². The van der Waals surface area contributed by atoms with Crippen LogP contribution < -0.4 is 5.32 Å². The minimum Gasteiger partial charge on any atom is -0.507 e. The van der Waals surface area contributed by atoms with Gasteiger partial charge in [-0.05, 0) is 37.6 Å². The van der Waals surface area contributed by atoms with Gasteiger partial charge in [-0.2, -0.15) is 0 Å². The van der Waals surface area contributed by atoms with Crippen LogP contribution in [0, 0.1) is 6.92 Å². The fraction of sp³-hybridized carbons (Fsp3) is 0.455. The average Bonchev–Trinajstić information content (AvgIpc) is 2.19. The first-order valence-corrected chi connectivity index (χ1v) is 5.74. The quantitative estimate of drug-likeness (QED) is 0.719. The van der Waals surface area contributed by atoms with Crippen molar-refractivity contribution in [3.05, 3.63) is 27.7 Å². The standard InChI is InChI=1S/C11H16BrNO2/c1-8-5-10(12)6-9(11(8)15)7-13-3-2-4-14/h5-6,13-15H,2-4,7H2,1H3. The molecule has 0 aromatic heterocycles. The summed E-state index contributed by atoms with van der Waals surface area (Å²) >= 11 is 3.39. The molecule has 84 valence electrons. The van der Waals surface area contributed by atoms with Gasteiger partial charge in [0.15, 0.2) is 0 Å². The zero-order valence-corrected chi connectivity index (χ0v) is 10.3. The number of aliphatic hydroxyl groups excluding tert-OH is 1. The Kier molecular flexibility index (Phi) is 5.08. The predicted molar refractivity (Wildman–Crippen MR) is 64.0 cm³/mol. The molecule has 1 aromatic rings. The van der Waals surface area contributed by atoms with Gasteiger partial charge in [0.2, 0.25) is 0 Å². The van der Waals surface area contributed by atoms with Crippen molar-refractivity contribution in [2.45, 2.75) is 19.9 Å². The van der Waals surface area contributed by atoms with E-state index in [2.05, 4.69) is 21.2 Å². The van der Waals surface area contributed by atoms with Crippen LogP contribution in [0.5, 0.6) is 5.75 Å². The lowest BCUT2D eigenvalue weighted by Gasteiger charge is -2.09. The number of aliphatic hydroxyl groups is 1. The molecule has 0 amide bonds. The van der Waals surface area contributed by atoms with Crippen LogP contribution in [-0.2, 0) is 6.54 Å². The van der Waals surface area contributed by atoms with Gasteiger partial charge in [0.25, 0.3) is 0 Å². The van der Waals surface area contributed by atoms with Crippen LogP contribution in [0.1, 0.15) is 17.5 Å². The Morgan fingerprint density at radius 3 is 2.80 bits per heavy atom. The largest absolute Gasteiger partial charge is 0.507 e. The van der Waals surface area contributed by atoms with Gasteiger partial charge in [0.1, 0.15) is 5.75 Å². The van der Waals surface area contributed by atoms with Gasteiger partial charge < -0.3 is 15.5 Å². The van der Waals surface area contributed by atoms with Crippen LogP contribution in [0.2, 0.25) is 0 Å². The topological polar surface area (TPSA) is 52.5 Å². The lowest BCUT2D eigenvalue weighted by atomic mass is 10.1. The highest BCUT2D eigenvalue weighted by atomic mass is 79.9. The number of phenols is 1. The number of hydrogen-bond donors (Lipinski definition) is 3. The minimum absolute atomic E-state index is 0.191. The minimum atomic E-state index is 0.191. The van der Waals surface area contributed by atoms with Crippen LogP contribution in [-0.4, -0.2) is 23.4 Å². The summed E-state index contributed by atoms with van der Waals surface area (Å²) in [6.07, 6.45) is 0.730. The third-order valence-electron chi connectivity index (χ3n) is 2.17. The Morgan fingerprint density at radius 2 is 2.13 bits per heavy atom. The fourth-order valence-corrected chi connectivity index (χ4v) is 1.99. The lowest BCUT2D eigenvalue weighted by molar-refractivity contribution is 0.286. The molecule has 1 aromatic carbocycles. The highest BCUT2D eigenvalue weighted by molar-refractivity contribution is 9.10. The molecule has 0 radical (unpaired) electrons. The number of aryl methyl sites for hydroxylation is 1. The van der Waals surface area contributed by atoms with Gasteiger partial charge in [0.05, 0.1) is 0 Å². The second-order valence-electron chi connectivity index (χ2n) is 3.48. The Bertz CT molecular complexity index is 329. The molecule has 0 saturated carbocycles. The molecule has 0 atom stereocenters. The van der Waals surface area contributed by atoms with Crippen LogP contribution in [0.3, 0.4) is 0 Å². The number of phenolic OH excluding ortho intramolecular Hbond substituents is 1. The normalized spacial score (nSPS) is 10.6. The summed E-state index contributed by atoms with van der Waals surface area (Å²) in [4.78, 5) is 0. The van der Waals surface area contributed by atoms with E-state index in [4.69, 9.17) is 5.11 Å². The maximum atomic E-state index is 9.77. The number of aromatic hydroxyl groups is 1. The summed E-state index contributed by atoms with van der Waals surface area (Å²) in [6, 6.07) is 3.78. The van der Waals surface area contributed by atoms with E-state index in [1.54, 1.807) is 0 Å². The molecule has 0 unspecified atom stereocenters. The molecule has 0 bridgehead atoms. The van der Waals surface area contributed by atoms with Crippen LogP contribution >= 0.6 is 15.9 Å². The van der Waals surface area contributed by atoms with Crippen molar-refractivity contribution >= 4 is 15.9 Å². The molecule has 0 aliphatic rings. The summed E-state index contributed by atoms with van der Waals surface area (Å²) < 4.78 is 0.969. The van der Waals surface area contributed by atoms with Crippen molar-refractivity contribution in [1.29, 1.82) is 0 Å². The molecule has 0 heterocycles. The van der Waals surface area contributed by atoms with Gasteiger partial charge in [0, 0.05) is 23.2 Å². The molecule has 0 fully saturated rings. The molecule has 3 N–H and O–H groups in total. The van der Waals surface area contributed by atoms with E-state index >= 15 is 0 Å². The number of nitrogens with one attached hydrogen (secondary N) is 1. The zero-order valence-electron chi connectivity index (χ0n) is 8.76. The first-order chi connectivity index (χ1) is 7.15. The summed E-state index contributed by atoms with van der Waals surface area (Å²) in [5, 5.41) is 21.5. The van der Waals surface area contributed by atoms with Crippen molar-refractivity contribution in [2.75, 3.05) is 13.2 Å². The Morgan fingerprint density at radius 1 is 1.40 bits per heavy atom. The van der Waals surface area contributed by atoms with E-state index in [1.807, 2.05) is 19.1 Å². The van der Waals surface area contributed by atoms with Gasteiger partial charge in [-0.15, -0.1) is 0 Å². The van der Waals surface area contributed by atoms with Gasteiger partial charge >= 0.3 is 0 Å². The maximum Gasteiger partial charge on any atom is 0.123 e. The summed E-state index contributed by atoms with van der Waals surface area (Å²) in [5.74, 6) is 0.342. The van der Waals surface area contributed by atoms with E-state index < -0.39 is 0 Å². The molecule has 0 spiro atoms. The van der Waals surface area contributed by atoms with E-state index in [0.717, 1.165) is 28.6 Å². The molecule has 0 saturated heterocycles. The molecule has 0 aliphatic heterocycles. The van der Waals surface area contributed by atoms with Crippen molar-refractivity contribution in [3.8, 4) is 5.75 Å². The molecular weight excluding hydrogens is 258 g/mol. The number of halogens is 1. The zero-order chi connectivity index (χ0) is 11.3. The van der Waals surface area contributed by atoms with Gasteiger partial charge in [-0.3, -0.25) is 0 Å². The first-order valence-electron chi connectivity index (χ1n) is 4.94. The second kappa shape index (κ2) is 6.10. The Balaban J connectivity index is 2.60. The highest BCUT2D eigenvalue weighted by Crippen LogP contribution is 2.26. The third-order valence-corrected chi connectivity index (χ3v) is 2.63. The highest BCUT2D eigenvalue weighted by Gasteiger charge is 2.05. The first kappa shape index (κ1) is 12.5. The fourth-order valence-electron chi connectivity index (χ4n) is 1.37. The second-order valence-corrected chi connectivity index (χ2v) is 4.40. The lowest BCUT2D eigenvalue weighted by Crippen LogP contribution is -2.15. The van der Waals surface area contributed by atoms with Crippen LogP contribution in [0.15, 0.2) is 16.6 Å². The number of rotatable bonds is 5. The van der Waals surface area contributed by atoms with E-state index in [1.165, 1.54) is 0 Å². The van der Waals surface area contributed by atoms with Crippen LogP contribution in [0.25, 0.3) is 0 Å².